The van der Waals surface area contributed by atoms with Gasteiger partial charge in [0, 0.05) is 11.8 Å². The summed E-state index contributed by atoms with van der Waals surface area (Å²) >= 11 is 0. The Labute approximate surface area is 68.0 Å². The first-order valence-corrected chi connectivity index (χ1v) is 3.22. The molecule has 0 spiro atoms. The molecule has 0 saturated carbocycles. The molecule has 0 aromatic heterocycles. The van der Waals surface area contributed by atoms with Crippen LogP contribution in [0.15, 0.2) is 12.1 Å². The molecule has 0 atom stereocenters. The summed E-state index contributed by atoms with van der Waals surface area (Å²) in [5.74, 6) is -0.825. The van der Waals surface area contributed by atoms with Gasteiger partial charge in [0.25, 0.3) is 0 Å². The van der Waals surface area contributed by atoms with E-state index in [1.165, 1.54) is 13.0 Å². The number of nitrogens with zero attached hydrogens (tertiary/aromatic N) is 1. The van der Waals surface area contributed by atoms with E-state index in [4.69, 9.17) is 5.73 Å². The average Bonchev–Trinajstić information content (AvgIpc) is 1.96. The summed E-state index contributed by atoms with van der Waals surface area (Å²) in [5.41, 5.74) is 5.10. The summed E-state index contributed by atoms with van der Waals surface area (Å²) in [6, 6.07) is 2.35. The Morgan fingerprint density at radius 1 is 1.58 bits per heavy atom. The third-order valence-electron chi connectivity index (χ3n) is 1.45. The van der Waals surface area contributed by atoms with Crippen molar-refractivity contribution in [1.29, 1.82) is 0 Å². The van der Waals surface area contributed by atoms with Gasteiger partial charge in [0.2, 0.25) is 5.82 Å². The Kier molecular flexibility index (Phi) is 1.95. The van der Waals surface area contributed by atoms with Gasteiger partial charge in [0.05, 0.1) is 4.92 Å². The lowest BCUT2D eigenvalue weighted by Crippen LogP contribution is -1.97. The topological polar surface area (TPSA) is 69.2 Å². The highest BCUT2D eigenvalue weighted by Crippen LogP contribution is 2.23. The van der Waals surface area contributed by atoms with E-state index in [-0.39, 0.29) is 11.3 Å². The second-order valence-electron chi connectivity index (χ2n) is 2.43. The number of hydrogen-bond donors (Lipinski definition) is 1. The Morgan fingerprint density at radius 2 is 2.17 bits per heavy atom. The van der Waals surface area contributed by atoms with Crippen molar-refractivity contribution in [1.82, 2.24) is 0 Å². The lowest BCUT2D eigenvalue weighted by Gasteiger charge is -1.99. The van der Waals surface area contributed by atoms with Gasteiger partial charge < -0.3 is 5.73 Å². The molecule has 0 aliphatic rings. The molecule has 1 rings (SSSR count). The third kappa shape index (κ3) is 1.34. The number of nitrogen functional groups attached to an aromatic ring is 1. The number of aryl methyl sites for hydroxylation is 1. The molecule has 0 unspecified atom stereocenters. The summed E-state index contributed by atoms with van der Waals surface area (Å²) in [6.45, 7) is 1.43. The van der Waals surface area contributed by atoms with E-state index in [2.05, 4.69) is 0 Å². The highest BCUT2D eigenvalue weighted by atomic mass is 19.1. The number of halogens is 1. The molecule has 0 saturated heterocycles. The fourth-order valence-electron chi connectivity index (χ4n) is 0.911. The van der Waals surface area contributed by atoms with Crippen molar-refractivity contribution >= 4 is 11.4 Å². The third-order valence-corrected chi connectivity index (χ3v) is 1.45. The zero-order valence-corrected chi connectivity index (χ0v) is 6.37. The first-order valence-electron chi connectivity index (χ1n) is 3.22. The van der Waals surface area contributed by atoms with Crippen LogP contribution >= 0.6 is 0 Å². The lowest BCUT2D eigenvalue weighted by molar-refractivity contribution is -0.387. The van der Waals surface area contributed by atoms with E-state index < -0.39 is 16.4 Å². The van der Waals surface area contributed by atoms with Crippen LogP contribution in [0.25, 0.3) is 0 Å². The standard InChI is InChI=1S/C7H7FN2O2/c1-4-2-5(9)3-6(7(4)8)10(11)12/h2-3H,9H2,1H3. The zero-order chi connectivity index (χ0) is 9.30. The monoisotopic (exact) mass is 170 g/mol. The second kappa shape index (κ2) is 2.77. The summed E-state index contributed by atoms with van der Waals surface area (Å²) in [6.07, 6.45) is 0. The second-order valence-corrected chi connectivity index (χ2v) is 2.43. The van der Waals surface area contributed by atoms with Crippen LogP contribution in [0.3, 0.4) is 0 Å². The first kappa shape index (κ1) is 8.45. The Bertz CT molecular complexity index is 338. The van der Waals surface area contributed by atoms with Crippen LogP contribution in [0.2, 0.25) is 0 Å². The minimum absolute atomic E-state index is 0.182. The summed E-state index contributed by atoms with van der Waals surface area (Å²) < 4.78 is 12.9. The number of rotatable bonds is 1. The molecule has 4 nitrogen and oxygen atoms in total. The number of hydrogen-bond acceptors (Lipinski definition) is 3. The van der Waals surface area contributed by atoms with Crippen LogP contribution in [-0.4, -0.2) is 4.92 Å². The van der Waals surface area contributed by atoms with Crippen LogP contribution in [0.1, 0.15) is 5.56 Å². The molecule has 0 heterocycles. The smallest absolute Gasteiger partial charge is 0.307 e. The van der Waals surface area contributed by atoms with E-state index >= 15 is 0 Å². The van der Waals surface area contributed by atoms with Crippen molar-refractivity contribution < 1.29 is 9.31 Å². The van der Waals surface area contributed by atoms with Gasteiger partial charge in [-0.3, -0.25) is 10.1 Å². The minimum atomic E-state index is -0.825. The van der Waals surface area contributed by atoms with Gasteiger partial charge >= 0.3 is 5.69 Å². The summed E-state index contributed by atoms with van der Waals surface area (Å²) in [7, 11) is 0. The minimum Gasteiger partial charge on any atom is -0.399 e. The van der Waals surface area contributed by atoms with Gasteiger partial charge in [-0.05, 0) is 18.6 Å². The Morgan fingerprint density at radius 3 is 2.67 bits per heavy atom. The number of benzene rings is 1. The van der Waals surface area contributed by atoms with Crippen molar-refractivity contribution in [3.8, 4) is 0 Å². The molecule has 0 radical (unpaired) electrons. The largest absolute Gasteiger partial charge is 0.399 e. The molecule has 1 aromatic rings. The van der Waals surface area contributed by atoms with Crippen LogP contribution < -0.4 is 5.73 Å². The normalized spacial score (nSPS) is 9.83. The van der Waals surface area contributed by atoms with E-state index in [0.29, 0.717) is 0 Å². The van der Waals surface area contributed by atoms with Crippen molar-refractivity contribution in [2.75, 3.05) is 5.73 Å². The predicted molar refractivity (Wildman–Crippen MR) is 42.2 cm³/mol. The Hall–Kier alpha value is -1.65. The fourth-order valence-corrected chi connectivity index (χ4v) is 0.911. The molecular formula is C7H7FN2O2. The van der Waals surface area contributed by atoms with Gasteiger partial charge in [-0.25, -0.2) is 0 Å². The average molecular weight is 170 g/mol. The molecule has 5 heteroatoms. The van der Waals surface area contributed by atoms with Gasteiger partial charge in [0.15, 0.2) is 0 Å². The molecule has 0 bridgehead atoms. The predicted octanol–water partition coefficient (Wildman–Crippen LogP) is 1.62. The first-order chi connectivity index (χ1) is 5.52. The van der Waals surface area contributed by atoms with Crippen LogP contribution in [-0.2, 0) is 0 Å². The molecule has 0 amide bonds. The SMILES string of the molecule is Cc1cc(N)cc([N+](=O)[O-])c1F. The molecule has 12 heavy (non-hydrogen) atoms. The van der Waals surface area contributed by atoms with Crippen molar-refractivity contribution in [3.63, 3.8) is 0 Å². The van der Waals surface area contributed by atoms with Crippen molar-refractivity contribution in [3.05, 3.63) is 33.6 Å². The molecule has 0 aliphatic carbocycles. The maximum Gasteiger partial charge on any atom is 0.307 e. The Balaban J connectivity index is 3.37. The molecule has 64 valence electrons. The highest BCUT2D eigenvalue weighted by molar-refractivity contribution is 5.51. The van der Waals surface area contributed by atoms with Crippen LogP contribution in [0, 0.1) is 22.9 Å². The number of anilines is 1. The van der Waals surface area contributed by atoms with E-state index in [0.717, 1.165) is 6.07 Å². The molecule has 1 aromatic carbocycles. The lowest BCUT2D eigenvalue weighted by atomic mass is 10.2. The quantitative estimate of drug-likeness (QED) is 0.395. The van der Waals surface area contributed by atoms with Crippen LogP contribution in [0.4, 0.5) is 15.8 Å². The van der Waals surface area contributed by atoms with Crippen LogP contribution in [0.5, 0.6) is 0 Å². The maximum absolute atomic E-state index is 12.9. The molecular weight excluding hydrogens is 163 g/mol. The number of nitro groups is 1. The number of nitro benzene ring substituents is 1. The maximum atomic E-state index is 12.9. The summed E-state index contributed by atoms with van der Waals surface area (Å²) in [4.78, 5) is 9.44. The van der Waals surface area contributed by atoms with Crippen molar-refractivity contribution in [2.24, 2.45) is 0 Å². The number of nitrogens with two attached hydrogens (primary N) is 1. The van der Waals surface area contributed by atoms with E-state index in [1.54, 1.807) is 0 Å². The molecule has 0 fully saturated rings. The molecule has 0 aliphatic heterocycles. The van der Waals surface area contributed by atoms with Gasteiger partial charge in [-0.1, -0.05) is 0 Å². The van der Waals surface area contributed by atoms with E-state index in [9.17, 15) is 14.5 Å². The van der Waals surface area contributed by atoms with Crippen molar-refractivity contribution in [2.45, 2.75) is 6.92 Å². The molecule has 2 N–H and O–H groups in total. The van der Waals surface area contributed by atoms with Gasteiger partial charge in [-0.15, -0.1) is 0 Å². The van der Waals surface area contributed by atoms with E-state index in [1.807, 2.05) is 0 Å². The van der Waals surface area contributed by atoms with Gasteiger partial charge in [-0.2, -0.15) is 4.39 Å². The summed E-state index contributed by atoms with van der Waals surface area (Å²) in [5, 5.41) is 10.2. The zero-order valence-electron chi connectivity index (χ0n) is 6.37. The highest BCUT2D eigenvalue weighted by Gasteiger charge is 2.16. The van der Waals surface area contributed by atoms with Gasteiger partial charge in [0.1, 0.15) is 0 Å². The fraction of sp³-hybridized carbons (Fsp3) is 0.143.